The van der Waals surface area contributed by atoms with Gasteiger partial charge in [0.05, 0.1) is 0 Å². The van der Waals surface area contributed by atoms with Crippen LogP contribution < -0.4 is 59.1 Å². The summed E-state index contributed by atoms with van der Waals surface area (Å²) in [5, 5.41) is 69.7. The summed E-state index contributed by atoms with van der Waals surface area (Å²) in [5.74, 6) is 0. The second-order valence-corrected chi connectivity index (χ2v) is 1.41. The van der Waals surface area contributed by atoms with E-state index in [1.807, 2.05) is 0 Å². The van der Waals surface area contributed by atoms with Gasteiger partial charge < -0.3 is 53.9 Å². The fraction of sp³-hybridized carbons (Fsp3) is 0. The summed E-state index contributed by atoms with van der Waals surface area (Å²) in [6, 6.07) is 0. The van der Waals surface area contributed by atoms with Gasteiger partial charge in [-0.25, -0.2) is 24.0 Å². The van der Waals surface area contributed by atoms with Crippen molar-refractivity contribution < 1.29 is 137 Å². The Balaban J connectivity index is -0.0000000161. The molecule has 0 aromatic carbocycles. The molecule has 0 aliphatic carbocycles. The quantitative estimate of drug-likeness (QED) is 0.182. The van der Waals surface area contributed by atoms with Gasteiger partial charge in [0.25, 0.3) is 0 Å². The van der Waals surface area contributed by atoms with E-state index in [0.29, 0.717) is 0 Å². The molecule has 0 aromatic heterocycles. The number of carbonyl (C=O) groups is 5. The molecule has 0 aliphatic heterocycles. The summed E-state index contributed by atoms with van der Waals surface area (Å²) >= 11 is 0. The van der Waals surface area contributed by atoms with E-state index in [2.05, 4.69) is 0 Å². The zero-order chi connectivity index (χ0) is 17.9. The molecular formula is C5H12Na2O15. The molecule has 0 saturated carbocycles. The van der Waals surface area contributed by atoms with Crippen molar-refractivity contribution in [2.45, 2.75) is 0 Å². The average molecular weight is 358 g/mol. The molecule has 17 heteroatoms. The molecule has 0 unspecified atom stereocenters. The SMILES string of the molecule is O=C(O)O.O=C(O)O.O=C(O)O.O=C(O)O.O=C(O)O.[H-].[H-].[Na+].[Na+]. The Bertz CT molecular complexity index is 221. The maximum atomic E-state index is 8.56. The molecule has 0 fully saturated rings. The molecule has 22 heavy (non-hydrogen) atoms. The fourth-order valence-electron chi connectivity index (χ4n) is 0. The van der Waals surface area contributed by atoms with Crippen molar-refractivity contribution in [2.75, 3.05) is 0 Å². The summed E-state index contributed by atoms with van der Waals surface area (Å²) in [6.07, 6.45) is -9.17. The van der Waals surface area contributed by atoms with Crippen molar-refractivity contribution >= 4 is 30.8 Å². The predicted molar refractivity (Wildman–Crippen MR) is 55.5 cm³/mol. The molecule has 0 saturated heterocycles. The Morgan fingerprint density at radius 1 is 0.364 bits per heavy atom. The van der Waals surface area contributed by atoms with Crippen molar-refractivity contribution in [2.24, 2.45) is 0 Å². The van der Waals surface area contributed by atoms with Crippen LogP contribution in [0.15, 0.2) is 0 Å². The van der Waals surface area contributed by atoms with Crippen LogP contribution in [0.1, 0.15) is 2.85 Å². The summed E-state index contributed by atoms with van der Waals surface area (Å²) in [6.45, 7) is 0. The van der Waals surface area contributed by atoms with E-state index < -0.39 is 30.8 Å². The molecule has 15 nitrogen and oxygen atoms in total. The third-order valence-electron chi connectivity index (χ3n) is 0. The largest absolute Gasteiger partial charge is 1.00 e. The average Bonchev–Trinajstić information content (AvgIpc) is 1.94. The van der Waals surface area contributed by atoms with Gasteiger partial charge in [-0.1, -0.05) is 0 Å². The minimum Gasteiger partial charge on any atom is -1.00 e. The van der Waals surface area contributed by atoms with Gasteiger partial charge in [0.15, 0.2) is 0 Å². The van der Waals surface area contributed by atoms with Gasteiger partial charge in [-0.3, -0.25) is 0 Å². The smallest absolute Gasteiger partial charge is 1.00 e. The van der Waals surface area contributed by atoms with Crippen LogP contribution in [-0.4, -0.2) is 81.8 Å². The van der Waals surface area contributed by atoms with Crippen LogP contribution in [0.5, 0.6) is 0 Å². The normalized spacial score (nSPS) is 5.45. The van der Waals surface area contributed by atoms with E-state index in [1.54, 1.807) is 0 Å². The van der Waals surface area contributed by atoms with Gasteiger partial charge in [0.1, 0.15) is 0 Å². The van der Waals surface area contributed by atoms with Crippen LogP contribution >= 0.6 is 0 Å². The van der Waals surface area contributed by atoms with Gasteiger partial charge in [-0.05, 0) is 0 Å². The number of hydrogen-bond donors (Lipinski definition) is 10. The topological polar surface area (TPSA) is 288 Å². The Kier molecular flexibility index (Phi) is 71.0. The number of hydrogen-bond acceptors (Lipinski definition) is 5. The fourth-order valence-corrected chi connectivity index (χ4v) is 0. The predicted octanol–water partition coefficient (Wildman–Crippen LogP) is -4.65. The molecule has 0 radical (unpaired) electrons. The van der Waals surface area contributed by atoms with Gasteiger partial charge >= 0.3 is 89.9 Å². The van der Waals surface area contributed by atoms with Crippen molar-refractivity contribution in [3.63, 3.8) is 0 Å². The molecule has 0 aliphatic rings. The van der Waals surface area contributed by atoms with Crippen molar-refractivity contribution in [3.05, 3.63) is 0 Å². The van der Waals surface area contributed by atoms with Crippen molar-refractivity contribution in [3.8, 4) is 0 Å². The zero-order valence-electron chi connectivity index (χ0n) is 13.0. The maximum absolute atomic E-state index is 8.56. The van der Waals surface area contributed by atoms with E-state index in [9.17, 15) is 0 Å². The molecule has 0 amide bonds. The Labute approximate surface area is 167 Å². The zero-order valence-corrected chi connectivity index (χ0v) is 15.0. The molecular weight excluding hydrogens is 346 g/mol. The number of rotatable bonds is 0. The summed E-state index contributed by atoms with van der Waals surface area (Å²) in [4.78, 5) is 42.8. The van der Waals surface area contributed by atoms with Gasteiger partial charge in [-0.15, -0.1) is 0 Å². The third-order valence-corrected chi connectivity index (χ3v) is 0. The van der Waals surface area contributed by atoms with E-state index in [-0.39, 0.29) is 62.0 Å². The first kappa shape index (κ1) is 42.8. The number of carboxylic acid groups (broad SMARTS) is 10. The maximum Gasteiger partial charge on any atom is 1.00 e. The monoisotopic (exact) mass is 358 g/mol. The minimum absolute atomic E-state index is 0. The van der Waals surface area contributed by atoms with Gasteiger partial charge in [0.2, 0.25) is 0 Å². The van der Waals surface area contributed by atoms with Crippen molar-refractivity contribution in [1.29, 1.82) is 0 Å². The molecule has 0 rings (SSSR count). The van der Waals surface area contributed by atoms with E-state index in [4.69, 9.17) is 75.0 Å². The molecule has 10 N–H and O–H groups in total. The Morgan fingerprint density at radius 3 is 0.364 bits per heavy atom. The minimum atomic E-state index is -1.83. The first-order valence-corrected chi connectivity index (χ1v) is 3.26. The second-order valence-electron chi connectivity index (χ2n) is 1.41. The van der Waals surface area contributed by atoms with Crippen LogP contribution in [0, 0.1) is 0 Å². The van der Waals surface area contributed by atoms with Gasteiger partial charge in [-0.2, -0.15) is 0 Å². The van der Waals surface area contributed by atoms with Crippen LogP contribution in [0.3, 0.4) is 0 Å². The summed E-state index contributed by atoms with van der Waals surface area (Å²) < 4.78 is 0. The van der Waals surface area contributed by atoms with E-state index >= 15 is 0 Å². The molecule has 124 valence electrons. The Hall–Kier alpha value is -1.65. The van der Waals surface area contributed by atoms with Crippen LogP contribution in [0.2, 0.25) is 0 Å². The standard InChI is InChI=1S/5CH2O3.2Na.2H/c5*2-1(3)4;;;;/h5*(H2,2,3,4);;;;/q;;;;;2*+1;2*-1. The molecule has 0 heterocycles. The Morgan fingerprint density at radius 2 is 0.364 bits per heavy atom. The molecule has 0 aromatic rings. The van der Waals surface area contributed by atoms with E-state index in [0.717, 1.165) is 0 Å². The van der Waals surface area contributed by atoms with Crippen molar-refractivity contribution in [1.82, 2.24) is 0 Å². The molecule has 0 bridgehead atoms. The first-order chi connectivity index (χ1) is 8.66. The summed E-state index contributed by atoms with van der Waals surface area (Å²) in [5.41, 5.74) is 0. The first-order valence-electron chi connectivity index (χ1n) is 3.26. The van der Waals surface area contributed by atoms with Crippen LogP contribution in [0.4, 0.5) is 24.0 Å². The second kappa shape index (κ2) is 36.6. The summed E-state index contributed by atoms with van der Waals surface area (Å²) in [7, 11) is 0. The third kappa shape index (κ3) is 2030. The van der Waals surface area contributed by atoms with Gasteiger partial charge in [0, 0.05) is 0 Å². The van der Waals surface area contributed by atoms with E-state index in [1.165, 1.54) is 0 Å². The van der Waals surface area contributed by atoms with Crippen LogP contribution in [-0.2, 0) is 0 Å². The van der Waals surface area contributed by atoms with Crippen LogP contribution in [0.25, 0.3) is 0 Å². The molecule has 0 spiro atoms. The molecule has 0 atom stereocenters.